The number of hydrogen-bond acceptors (Lipinski definition) is 4. The molecule has 5 nitrogen and oxygen atoms in total. The lowest BCUT2D eigenvalue weighted by atomic mass is 10.1. The molecule has 3 unspecified atom stereocenters. The highest BCUT2D eigenvalue weighted by Gasteiger charge is 2.35. The van der Waals surface area contributed by atoms with E-state index in [1.54, 1.807) is 0 Å². The quantitative estimate of drug-likeness (QED) is 0.581. The van der Waals surface area contributed by atoms with Crippen molar-refractivity contribution >= 4 is 5.91 Å². The average molecular weight is 213 g/mol. The van der Waals surface area contributed by atoms with E-state index in [2.05, 4.69) is 5.32 Å². The van der Waals surface area contributed by atoms with Gasteiger partial charge in [0.2, 0.25) is 5.91 Å². The number of hydrogen-bond donors (Lipinski definition) is 2. The van der Waals surface area contributed by atoms with Gasteiger partial charge in [0.05, 0.1) is 13.2 Å². The van der Waals surface area contributed by atoms with Crippen molar-refractivity contribution in [2.24, 2.45) is 5.73 Å². The Kier molecular flexibility index (Phi) is 3.23. The molecule has 0 aromatic rings. The minimum atomic E-state index is -0.175. The summed E-state index contributed by atoms with van der Waals surface area (Å²) >= 11 is 0. The molecule has 2 fully saturated rings. The normalized spacial score (nSPS) is 36.9. The molecule has 0 aliphatic carbocycles. The van der Waals surface area contributed by atoms with Crippen LogP contribution in [0, 0.1) is 0 Å². The lowest BCUT2D eigenvalue weighted by molar-refractivity contribution is -0.137. The van der Waals surface area contributed by atoms with E-state index >= 15 is 0 Å². The molecular formula is C10H19N3O2. The number of carbonyl (C=O) groups is 1. The Bertz CT molecular complexity index is 241. The Morgan fingerprint density at radius 3 is 2.93 bits per heavy atom. The summed E-state index contributed by atoms with van der Waals surface area (Å²) in [5.74, 6) is 0.134. The van der Waals surface area contributed by atoms with Crippen LogP contribution in [0.2, 0.25) is 0 Å². The van der Waals surface area contributed by atoms with Crippen molar-refractivity contribution in [3.63, 3.8) is 0 Å². The van der Waals surface area contributed by atoms with E-state index in [-0.39, 0.29) is 24.0 Å². The maximum atomic E-state index is 12.1. The molecule has 3 atom stereocenters. The summed E-state index contributed by atoms with van der Waals surface area (Å²) in [6.45, 7) is 4.72. The van der Waals surface area contributed by atoms with Gasteiger partial charge in [0.15, 0.2) is 0 Å². The van der Waals surface area contributed by atoms with E-state index in [4.69, 9.17) is 10.5 Å². The highest BCUT2D eigenvalue weighted by molar-refractivity contribution is 5.82. The van der Waals surface area contributed by atoms with Crippen molar-refractivity contribution < 1.29 is 9.53 Å². The van der Waals surface area contributed by atoms with Gasteiger partial charge in [-0.15, -0.1) is 0 Å². The third-order valence-corrected chi connectivity index (χ3v) is 3.32. The third kappa shape index (κ3) is 2.14. The number of nitrogens with one attached hydrogen (secondary N) is 1. The standard InChI is InChI=1S/C10H19N3O2/c1-7-8(11)2-4-13(7)10(14)9-6-15-5-3-12-9/h7-9,12H,2-6,11H2,1H3. The summed E-state index contributed by atoms with van der Waals surface area (Å²) in [5.41, 5.74) is 5.89. The van der Waals surface area contributed by atoms with E-state index in [1.807, 2.05) is 11.8 Å². The van der Waals surface area contributed by atoms with Crippen molar-refractivity contribution in [2.75, 3.05) is 26.3 Å². The predicted molar refractivity (Wildman–Crippen MR) is 56.4 cm³/mol. The van der Waals surface area contributed by atoms with Crippen LogP contribution in [-0.4, -0.2) is 55.2 Å². The molecule has 0 bridgehead atoms. The smallest absolute Gasteiger partial charge is 0.242 e. The molecule has 0 radical (unpaired) electrons. The number of morpholine rings is 1. The van der Waals surface area contributed by atoms with Crippen LogP contribution in [0.3, 0.4) is 0 Å². The lowest BCUT2D eigenvalue weighted by Gasteiger charge is -2.30. The minimum absolute atomic E-state index is 0.124. The zero-order chi connectivity index (χ0) is 10.8. The van der Waals surface area contributed by atoms with E-state index < -0.39 is 0 Å². The van der Waals surface area contributed by atoms with Crippen LogP contribution >= 0.6 is 0 Å². The average Bonchev–Trinajstić information content (AvgIpc) is 2.60. The van der Waals surface area contributed by atoms with E-state index in [0.29, 0.717) is 13.2 Å². The molecule has 0 saturated carbocycles. The first-order valence-corrected chi connectivity index (χ1v) is 5.57. The van der Waals surface area contributed by atoms with Gasteiger partial charge in [-0.05, 0) is 13.3 Å². The SMILES string of the molecule is CC1C(N)CCN1C(=O)C1COCCN1. The first kappa shape index (κ1) is 10.9. The first-order valence-electron chi connectivity index (χ1n) is 5.57. The molecule has 2 aliphatic rings. The van der Waals surface area contributed by atoms with Gasteiger partial charge in [0.25, 0.3) is 0 Å². The van der Waals surface area contributed by atoms with E-state index in [9.17, 15) is 4.79 Å². The Morgan fingerprint density at radius 1 is 1.60 bits per heavy atom. The summed E-state index contributed by atoms with van der Waals surface area (Å²) in [6, 6.07) is 0.103. The summed E-state index contributed by atoms with van der Waals surface area (Å²) in [7, 11) is 0. The fourth-order valence-electron chi connectivity index (χ4n) is 2.20. The zero-order valence-electron chi connectivity index (χ0n) is 9.11. The Morgan fingerprint density at radius 2 is 2.40 bits per heavy atom. The van der Waals surface area contributed by atoms with Crippen molar-refractivity contribution in [1.82, 2.24) is 10.2 Å². The van der Waals surface area contributed by atoms with Gasteiger partial charge in [-0.1, -0.05) is 0 Å². The summed E-state index contributed by atoms with van der Waals surface area (Å²) in [4.78, 5) is 14.0. The number of carbonyl (C=O) groups excluding carboxylic acids is 1. The monoisotopic (exact) mass is 213 g/mol. The maximum Gasteiger partial charge on any atom is 0.242 e. The topological polar surface area (TPSA) is 67.6 Å². The van der Waals surface area contributed by atoms with Gasteiger partial charge in [-0.25, -0.2) is 0 Å². The second-order valence-corrected chi connectivity index (χ2v) is 4.31. The van der Waals surface area contributed by atoms with Crippen LogP contribution in [-0.2, 0) is 9.53 Å². The third-order valence-electron chi connectivity index (χ3n) is 3.32. The van der Waals surface area contributed by atoms with Gasteiger partial charge in [-0.2, -0.15) is 0 Å². The molecular weight excluding hydrogens is 194 g/mol. The summed E-state index contributed by atoms with van der Waals surface area (Å²) in [6.07, 6.45) is 0.903. The molecule has 2 aliphatic heterocycles. The highest BCUT2D eigenvalue weighted by atomic mass is 16.5. The van der Waals surface area contributed by atoms with Gasteiger partial charge in [0.1, 0.15) is 6.04 Å². The second-order valence-electron chi connectivity index (χ2n) is 4.31. The van der Waals surface area contributed by atoms with E-state index in [0.717, 1.165) is 19.5 Å². The van der Waals surface area contributed by atoms with Crippen LogP contribution in [0.1, 0.15) is 13.3 Å². The largest absolute Gasteiger partial charge is 0.378 e. The molecule has 0 spiro atoms. The fraction of sp³-hybridized carbons (Fsp3) is 0.900. The van der Waals surface area contributed by atoms with Crippen LogP contribution in [0.4, 0.5) is 0 Å². The Labute approximate surface area is 89.9 Å². The molecule has 0 aromatic heterocycles. The molecule has 15 heavy (non-hydrogen) atoms. The molecule has 2 rings (SSSR count). The molecule has 3 N–H and O–H groups in total. The van der Waals surface area contributed by atoms with Crippen molar-refractivity contribution in [1.29, 1.82) is 0 Å². The maximum absolute atomic E-state index is 12.1. The molecule has 86 valence electrons. The first-order chi connectivity index (χ1) is 7.20. The number of ether oxygens (including phenoxy) is 1. The number of likely N-dealkylation sites (tertiary alicyclic amines) is 1. The number of nitrogens with zero attached hydrogens (tertiary/aromatic N) is 1. The number of rotatable bonds is 1. The second kappa shape index (κ2) is 4.47. The molecule has 0 aromatic carbocycles. The molecule has 1 amide bonds. The van der Waals surface area contributed by atoms with Crippen LogP contribution in [0.15, 0.2) is 0 Å². The molecule has 2 saturated heterocycles. The van der Waals surface area contributed by atoms with Gasteiger partial charge in [0, 0.05) is 25.2 Å². The van der Waals surface area contributed by atoms with E-state index in [1.165, 1.54) is 0 Å². The minimum Gasteiger partial charge on any atom is -0.378 e. The highest BCUT2D eigenvalue weighted by Crippen LogP contribution is 2.17. The summed E-state index contributed by atoms with van der Waals surface area (Å²) < 4.78 is 5.28. The van der Waals surface area contributed by atoms with Crippen LogP contribution < -0.4 is 11.1 Å². The van der Waals surface area contributed by atoms with Gasteiger partial charge < -0.3 is 20.7 Å². The van der Waals surface area contributed by atoms with Crippen molar-refractivity contribution in [3.8, 4) is 0 Å². The number of amides is 1. The molecule has 2 heterocycles. The summed E-state index contributed by atoms with van der Waals surface area (Å²) in [5, 5.41) is 3.17. The van der Waals surface area contributed by atoms with Gasteiger partial charge >= 0.3 is 0 Å². The molecule has 5 heteroatoms. The zero-order valence-corrected chi connectivity index (χ0v) is 9.11. The Balaban J connectivity index is 1.95. The van der Waals surface area contributed by atoms with Crippen LogP contribution in [0.25, 0.3) is 0 Å². The van der Waals surface area contributed by atoms with Crippen LogP contribution in [0.5, 0.6) is 0 Å². The predicted octanol–water partition coefficient (Wildman–Crippen LogP) is -1.08. The number of nitrogens with two attached hydrogens (primary N) is 1. The lowest BCUT2D eigenvalue weighted by Crippen LogP contribution is -2.54. The van der Waals surface area contributed by atoms with Gasteiger partial charge in [-0.3, -0.25) is 4.79 Å². The fourth-order valence-corrected chi connectivity index (χ4v) is 2.20. The Hall–Kier alpha value is -0.650. The van der Waals surface area contributed by atoms with Crippen molar-refractivity contribution in [2.45, 2.75) is 31.5 Å². The van der Waals surface area contributed by atoms with Crippen molar-refractivity contribution in [3.05, 3.63) is 0 Å².